The first-order valence-corrected chi connectivity index (χ1v) is 8.27. The van der Waals surface area contributed by atoms with E-state index >= 15 is 0 Å². The number of benzene rings is 2. The van der Waals surface area contributed by atoms with Crippen molar-refractivity contribution >= 4 is 23.5 Å². The summed E-state index contributed by atoms with van der Waals surface area (Å²) in [5, 5.41) is 4.54. The topological polar surface area (TPSA) is 12.0 Å². The molecule has 19 heavy (non-hydrogen) atoms. The Labute approximate surface area is 122 Å². The van der Waals surface area contributed by atoms with Crippen molar-refractivity contribution in [2.75, 3.05) is 0 Å². The Kier molecular flexibility index (Phi) is 2.69. The second kappa shape index (κ2) is 4.30. The van der Waals surface area contributed by atoms with Gasteiger partial charge in [-0.2, -0.15) is 0 Å². The highest BCUT2D eigenvalue weighted by Crippen LogP contribution is 2.54. The standard InChI is InChI=1S/C16H15NS2/c1-9-3-5-13-11(7-9)15-17-16(18-13)12-8-10(2)4-6-14(12)19-15/h3-8,15-17H,1-2H3/t15-,16-/m1/s1. The molecule has 2 aliphatic heterocycles. The number of nitrogens with one attached hydrogen (secondary N) is 1. The van der Waals surface area contributed by atoms with Crippen LogP contribution in [0.1, 0.15) is 33.0 Å². The van der Waals surface area contributed by atoms with Crippen LogP contribution in [-0.4, -0.2) is 0 Å². The van der Waals surface area contributed by atoms with Crippen molar-refractivity contribution in [2.24, 2.45) is 0 Å². The molecule has 1 N–H and O–H groups in total. The highest BCUT2D eigenvalue weighted by molar-refractivity contribution is 8.01. The summed E-state index contributed by atoms with van der Waals surface area (Å²) < 4.78 is 0. The minimum Gasteiger partial charge on any atom is -0.285 e. The Balaban J connectivity index is 1.84. The molecule has 2 heterocycles. The zero-order valence-electron chi connectivity index (χ0n) is 10.9. The van der Waals surface area contributed by atoms with Gasteiger partial charge in [0.25, 0.3) is 0 Å². The largest absolute Gasteiger partial charge is 0.285 e. The summed E-state index contributed by atoms with van der Waals surface area (Å²) in [6.07, 6.45) is 0. The Bertz CT molecular complexity index is 608. The maximum atomic E-state index is 3.75. The number of hydrogen-bond acceptors (Lipinski definition) is 3. The third kappa shape index (κ3) is 1.92. The molecule has 4 rings (SSSR count). The van der Waals surface area contributed by atoms with Gasteiger partial charge in [0.1, 0.15) is 0 Å². The molecule has 2 bridgehead atoms. The predicted molar refractivity (Wildman–Crippen MR) is 82.7 cm³/mol. The van der Waals surface area contributed by atoms with Gasteiger partial charge in [-0.15, -0.1) is 23.5 Å². The first-order chi connectivity index (χ1) is 9.20. The molecule has 0 fully saturated rings. The quantitative estimate of drug-likeness (QED) is 0.746. The molecule has 2 atom stereocenters. The van der Waals surface area contributed by atoms with Gasteiger partial charge in [0, 0.05) is 9.79 Å². The summed E-state index contributed by atoms with van der Waals surface area (Å²) in [7, 11) is 0. The lowest BCUT2D eigenvalue weighted by Gasteiger charge is -2.38. The van der Waals surface area contributed by atoms with E-state index in [1.807, 2.05) is 23.5 Å². The van der Waals surface area contributed by atoms with Gasteiger partial charge in [-0.25, -0.2) is 0 Å². The van der Waals surface area contributed by atoms with Crippen LogP contribution < -0.4 is 5.32 Å². The number of thioether (sulfide) groups is 2. The molecule has 0 amide bonds. The fourth-order valence-corrected chi connectivity index (χ4v) is 5.44. The van der Waals surface area contributed by atoms with E-state index in [9.17, 15) is 0 Å². The van der Waals surface area contributed by atoms with Crippen molar-refractivity contribution in [2.45, 2.75) is 34.4 Å². The van der Waals surface area contributed by atoms with E-state index in [1.165, 1.54) is 32.0 Å². The molecule has 0 unspecified atom stereocenters. The van der Waals surface area contributed by atoms with E-state index in [2.05, 4.69) is 55.6 Å². The van der Waals surface area contributed by atoms with Gasteiger partial charge in [-0.1, -0.05) is 35.4 Å². The highest BCUT2D eigenvalue weighted by Gasteiger charge is 2.34. The molecular weight excluding hydrogens is 270 g/mol. The van der Waals surface area contributed by atoms with Crippen LogP contribution in [-0.2, 0) is 0 Å². The van der Waals surface area contributed by atoms with Crippen molar-refractivity contribution in [3.63, 3.8) is 0 Å². The van der Waals surface area contributed by atoms with Crippen molar-refractivity contribution in [3.05, 3.63) is 58.7 Å². The van der Waals surface area contributed by atoms with E-state index in [1.54, 1.807) is 0 Å². The van der Waals surface area contributed by atoms with Gasteiger partial charge in [0.2, 0.25) is 0 Å². The molecule has 96 valence electrons. The van der Waals surface area contributed by atoms with Gasteiger partial charge in [0.15, 0.2) is 0 Å². The van der Waals surface area contributed by atoms with Gasteiger partial charge < -0.3 is 0 Å². The van der Waals surface area contributed by atoms with Gasteiger partial charge >= 0.3 is 0 Å². The monoisotopic (exact) mass is 285 g/mol. The summed E-state index contributed by atoms with van der Waals surface area (Å²) in [6.45, 7) is 4.34. The molecular formula is C16H15NS2. The Hall–Kier alpha value is -0.900. The van der Waals surface area contributed by atoms with Crippen LogP contribution in [0.2, 0.25) is 0 Å². The fraction of sp³-hybridized carbons (Fsp3) is 0.250. The predicted octanol–water partition coefficient (Wildman–Crippen LogP) is 4.80. The van der Waals surface area contributed by atoms with Crippen LogP contribution >= 0.6 is 23.5 Å². The van der Waals surface area contributed by atoms with E-state index in [0.29, 0.717) is 10.7 Å². The molecule has 0 saturated heterocycles. The van der Waals surface area contributed by atoms with E-state index in [0.717, 1.165) is 0 Å². The Morgan fingerprint density at radius 3 is 1.74 bits per heavy atom. The smallest absolute Gasteiger partial charge is 0.0858 e. The third-order valence-electron chi connectivity index (χ3n) is 3.69. The molecule has 0 aromatic heterocycles. The summed E-state index contributed by atoms with van der Waals surface area (Å²) in [6, 6.07) is 13.6. The molecule has 3 heteroatoms. The zero-order valence-corrected chi connectivity index (χ0v) is 12.6. The molecule has 1 nitrogen and oxygen atoms in total. The van der Waals surface area contributed by atoms with E-state index in [-0.39, 0.29) is 0 Å². The average Bonchev–Trinajstić information content (AvgIpc) is 2.41. The molecule has 0 aliphatic carbocycles. The number of aryl methyl sites for hydroxylation is 2. The van der Waals surface area contributed by atoms with Crippen LogP contribution in [0.3, 0.4) is 0 Å². The summed E-state index contributed by atoms with van der Waals surface area (Å²) in [5.41, 5.74) is 5.57. The van der Waals surface area contributed by atoms with Crippen LogP contribution in [0.5, 0.6) is 0 Å². The lowest BCUT2D eigenvalue weighted by molar-refractivity contribution is 0.618. The van der Waals surface area contributed by atoms with Crippen molar-refractivity contribution < 1.29 is 0 Å². The van der Waals surface area contributed by atoms with Crippen molar-refractivity contribution in [1.29, 1.82) is 0 Å². The minimum atomic E-state index is 0.399. The molecule has 2 aromatic rings. The lowest BCUT2D eigenvalue weighted by Crippen LogP contribution is -2.30. The molecule has 2 aromatic carbocycles. The van der Waals surface area contributed by atoms with Gasteiger partial charge in [-0.05, 0) is 37.1 Å². The Morgan fingerprint density at radius 1 is 0.789 bits per heavy atom. The first-order valence-electron chi connectivity index (χ1n) is 6.51. The number of rotatable bonds is 0. The highest BCUT2D eigenvalue weighted by atomic mass is 32.2. The number of fused-ring (bicyclic) bond motifs is 6. The molecule has 0 spiro atoms. The van der Waals surface area contributed by atoms with Gasteiger partial charge in [-0.3, -0.25) is 5.32 Å². The fourth-order valence-electron chi connectivity index (χ4n) is 2.73. The summed E-state index contributed by atoms with van der Waals surface area (Å²) in [4.78, 5) is 2.86. The van der Waals surface area contributed by atoms with E-state index < -0.39 is 0 Å². The Morgan fingerprint density at radius 2 is 1.26 bits per heavy atom. The van der Waals surface area contributed by atoms with E-state index in [4.69, 9.17) is 0 Å². The SMILES string of the molecule is Cc1ccc2c(c1)[C@@H]1N[C@H](S2)c2cc(C)ccc2S1. The lowest BCUT2D eigenvalue weighted by atomic mass is 10.1. The normalized spacial score (nSPS) is 23.7. The minimum absolute atomic E-state index is 0.399. The molecule has 0 radical (unpaired) electrons. The summed E-state index contributed by atoms with van der Waals surface area (Å²) in [5.74, 6) is 0. The maximum Gasteiger partial charge on any atom is 0.0858 e. The maximum absolute atomic E-state index is 3.75. The van der Waals surface area contributed by atoms with Crippen LogP contribution in [0.15, 0.2) is 46.2 Å². The number of hydrogen-bond donors (Lipinski definition) is 1. The zero-order chi connectivity index (χ0) is 13.0. The van der Waals surface area contributed by atoms with Crippen LogP contribution in [0, 0.1) is 13.8 Å². The van der Waals surface area contributed by atoms with Crippen LogP contribution in [0.25, 0.3) is 0 Å². The average molecular weight is 285 g/mol. The third-order valence-corrected chi connectivity index (χ3v) is 6.19. The first kappa shape index (κ1) is 11.9. The van der Waals surface area contributed by atoms with Crippen LogP contribution in [0.4, 0.5) is 0 Å². The second-order valence-corrected chi connectivity index (χ2v) is 7.54. The van der Waals surface area contributed by atoms with Crippen molar-refractivity contribution in [3.8, 4) is 0 Å². The van der Waals surface area contributed by atoms with Gasteiger partial charge in [0.05, 0.1) is 10.7 Å². The summed E-state index contributed by atoms with van der Waals surface area (Å²) >= 11 is 3.90. The molecule has 2 aliphatic rings. The van der Waals surface area contributed by atoms with Crippen molar-refractivity contribution in [1.82, 2.24) is 5.32 Å². The second-order valence-electron chi connectivity index (χ2n) is 5.25. The molecule has 0 saturated carbocycles.